The Kier molecular flexibility index (Phi) is 3.80. The van der Waals surface area contributed by atoms with E-state index >= 15 is 0 Å². The van der Waals surface area contributed by atoms with Crippen molar-refractivity contribution in [2.75, 3.05) is 5.32 Å². The van der Waals surface area contributed by atoms with Crippen molar-refractivity contribution in [2.45, 2.75) is 13.8 Å². The molecule has 0 aliphatic heterocycles. The van der Waals surface area contributed by atoms with E-state index in [9.17, 15) is 9.59 Å². The van der Waals surface area contributed by atoms with E-state index in [0.29, 0.717) is 5.69 Å². The first kappa shape index (κ1) is 14.8. The van der Waals surface area contributed by atoms with Crippen LogP contribution in [0, 0.1) is 13.8 Å². The van der Waals surface area contributed by atoms with Gasteiger partial charge in [0.2, 0.25) is 0 Å². The molecule has 0 bridgehead atoms. The number of rotatable bonds is 3. The minimum absolute atomic E-state index is 0.0812. The molecule has 0 aliphatic carbocycles. The summed E-state index contributed by atoms with van der Waals surface area (Å²) < 4.78 is 1.98. The van der Waals surface area contributed by atoms with Crippen LogP contribution < -0.4 is 10.9 Å². The molecule has 0 unspecified atom stereocenters. The van der Waals surface area contributed by atoms with E-state index in [1.165, 1.54) is 12.3 Å². The lowest BCUT2D eigenvalue weighted by Crippen LogP contribution is -2.22. The highest BCUT2D eigenvalue weighted by Gasteiger charge is 2.10. The van der Waals surface area contributed by atoms with Gasteiger partial charge < -0.3 is 14.9 Å². The normalized spacial score (nSPS) is 10.5. The van der Waals surface area contributed by atoms with Crippen molar-refractivity contribution in [3.8, 4) is 5.69 Å². The molecule has 0 saturated carbocycles. The van der Waals surface area contributed by atoms with Crippen molar-refractivity contribution in [3.05, 3.63) is 76.2 Å². The number of benzene rings is 1. The van der Waals surface area contributed by atoms with Crippen LogP contribution in [0.2, 0.25) is 0 Å². The predicted octanol–water partition coefficient (Wildman–Crippen LogP) is 2.43. The Morgan fingerprint density at radius 2 is 1.91 bits per heavy atom. The van der Waals surface area contributed by atoms with Crippen LogP contribution in [0.5, 0.6) is 0 Å². The van der Waals surface area contributed by atoms with Crippen molar-refractivity contribution < 1.29 is 4.79 Å². The van der Waals surface area contributed by atoms with E-state index in [2.05, 4.69) is 15.3 Å². The summed E-state index contributed by atoms with van der Waals surface area (Å²) in [6, 6.07) is 10.5. The number of nitrogens with one attached hydrogen (secondary N) is 2. The number of aromatic amines is 1. The van der Waals surface area contributed by atoms with E-state index in [0.717, 1.165) is 17.1 Å². The molecule has 3 aromatic rings. The number of amides is 1. The Labute approximate surface area is 132 Å². The third-order valence-corrected chi connectivity index (χ3v) is 3.72. The zero-order valence-corrected chi connectivity index (χ0v) is 12.8. The summed E-state index contributed by atoms with van der Waals surface area (Å²) >= 11 is 0. The van der Waals surface area contributed by atoms with Crippen molar-refractivity contribution in [2.24, 2.45) is 0 Å². The van der Waals surface area contributed by atoms with Gasteiger partial charge in [0.1, 0.15) is 5.56 Å². The lowest BCUT2D eigenvalue weighted by atomic mass is 10.2. The van der Waals surface area contributed by atoms with Gasteiger partial charge in [0.25, 0.3) is 11.5 Å². The molecule has 1 amide bonds. The molecule has 6 nitrogen and oxygen atoms in total. The van der Waals surface area contributed by atoms with Crippen LogP contribution in [-0.2, 0) is 0 Å². The molecule has 0 spiro atoms. The number of H-pyrrole nitrogens is 1. The number of imidazole rings is 1. The maximum atomic E-state index is 12.1. The quantitative estimate of drug-likeness (QED) is 0.780. The Morgan fingerprint density at radius 3 is 2.52 bits per heavy atom. The lowest BCUT2D eigenvalue weighted by Gasteiger charge is -2.08. The number of carbonyl (C=O) groups excluding carboxylic acids is 1. The zero-order valence-electron chi connectivity index (χ0n) is 12.8. The van der Waals surface area contributed by atoms with E-state index < -0.39 is 11.5 Å². The maximum absolute atomic E-state index is 12.1. The molecular formula is C17H16N4O2. The van der Waals surface area contributed by atoms with Crippen molar-refractivity contribution >= 4 is 11.6 Å². The number of aryl methyl sites for hydroxylation is 1. The zero-order chi connectivity index (χ0) is 16.4. The summed E-state index contributed by atoms with van der Waals surface area (Å²) in [6.45, 7) is 3.96. The molecule has 0 saturated heterocycles. The summed E-state index contributed by atoms with van der Waals surface area (Å²) in [4.78, 5) is 30.5. The fourth-order valence-electron chi connectivity index (χ4n) is 2.26. The number of pyridine rings is 1. The Bertz CT molecular complexity index is 907. The second-order valence-corrected chi connectivity index (χ2v) is 5.20. The van der Waals surface area contributed by atoms with Crippen LogP contribution in [0.15, 0.2) is 53.7 Å². The van der Waals surface area contributed by atoms with Crippen molar-refractivity contribution in [3.63, 3.8) is 0 Å². The van der Waals surface area contributed by atoms with Crippen LogP contribution in [0.4, 0.5) is 5.69 Å². The molecule has 0 radical (unpaired) electrons. The molecule has 23 heavy (non-hydrogen) atoms. The van der Waals surface area contributed by atoms with Gasteiger partial charge in [0.15, 0.2) is 0 Å². The van der Waals surface area contributed by atoms with Crippen LogP contribution in [0.25, 0.3) is 5.69 Å². The Hall–Kier alpha value is -3.15. The maximum Gasteiger partial charge on any atom is 0.261 e. The third-order valence-electron chi connectivity index (χ3n) is 3.72. The van der Waals surface area contributed by atoms with Crippen molar-refractivity contribution in [1.82, 2.24) is 14.5 Å². The van der Waals surface area contributed by atoms with Crippen molar-refractivity contribution in [1.29, 1.82) is 0 Å². The van der Waals surface area contributed by atoms with Gasteiger partial charge in [-0.1, -0.05) is 0 Å². The number of hydrogen-bond acceptors (Lipinski definition) is 3. The third kappa shape index (κ3) is 2.91. The second kappa shape index (κ2) is 5.92. The Morgan fingerprint density at radius 1 is 1.17 bits per heavy atom. The number of carbonyl (C=O) groups is 1. The number of anilines is 1. The number of aromatic nitrogens is 3. The summed E-state index contributed by atoms with van der Waals surface area (Å²) in [6.07, 6.45) is 3.26. The molecule has 116 valence electrons. The fraction of sp³-hybridized carbons (Fsp3) is 0.118. The SMILES string of the molecule is Cc1ncn(-c2ccc(NC(=O)c3ccc[nH]c3=O)cc2)c1C. The van der Waals surface area contributed by atoms with Gasteiger partial charge in [-0.25, -0.2) is 4.98 Å². The van der Waals surface area contributed by atoms with E-state index in [-0.39, 0.29) is 5.56 Å². The molecule has 0 aliphatic rings. The molecule has 2 aromatic heterocycles. The molecule has 3 rings (SSSR count). The molecular weight excluding hydrogens is 292 g/mol. The van der Waals surface area contributed by atoms with Gasteiger partial charge in [-0.3, -0.25) is 9.59 Å². The summed E-state index contributed by atoms with van der Waals surface area (Å²) in [7, 11) is 0. The van der Waals surface area contributed by atoms with Gasteiger partial charge in [-0.05, 0) is 50.2 Å². The summed E-state index contributed by atoms with van der Waals surface area (Å²) in [5.41, 5.74) is 3.29. The summed E-state index contributed by atoms with van der Waals surface area (Å²) in [5.74, 6) is -0.436. The van der Waals surface area contributed by atoms with E-state index in [4.69, 9.17) is 0 Å². The predicted molar refractivity (Wildman–Crippen MR) is 88.1 cm³/mol. The average molecular weight is 308 g/mol. The first-order valence-corrected chi connectivity index (χ1v) is 7.16. The van der Waals surface area contributed by atoms with Crippen LogP contribution in [0.1, 0.15) is 21.7 Å². The van der Waals surface area contributed by atoms with Crippen LogP contribution in [0.3, 0.4) is 0 Å². The smallest absolute Gasteiger partial charge is 0.261 e. The lowest BCUT2D eigenvalue weighted by molar-refractivity contribution is 0.102. The minimum atomic E-state index is -0.436. The molecule has 0 fully saturated rings. The standard InChI is InChI=1S/C17H16N4O2/c1-11-12(2)21(10-19-11)14-7-5-13(6-8-14)20-17(23)15-4-3-9-18-16(15)22/h3-10H,1-2H3,(H,18,22)(H,20,23). The monoisotopic (exact) mass is 308 g/mol. The van der Waals surface area contributed by atoms with E-state index in [1.54, 1.807) is 24.5 Å². The molecule has 0 atom stereocenters. The highest BCUT2D eigenvalue weighted by Crippen LogP contribution is 2.17. The largest absolute Gasteiger partial charge is 0.328 e. The highest BCUT2D eigenvalue weighted by atomic mass is 16.2. The van der Waals surface area contributed by atoms with Gasteiger partial charge in [0, 0.05) is 23.3 Å². The first-order chi connectivity index (χ1) is 11.1. The van der Waals surface area contributed by atoms with E-state index in [1.807, 2.05) is 30.5 Å². The number of nitrogens with zero attached hydrogens (tertiary/aromatic N) is 2. The van der Waals surface area contributed by atoms with Gasteiger partial charge >= 0.3 is 0 Å². The van der Waals surface area contributed by atoms with Crippen LogP contribution in [-0.4, -0.2) is 20.4 Å². The van der Waals surface area contributed by atoms with Gasteiger partial charge in [-0.15, -0.1) is 0 Å². The summed E-state index contributed by atoms with van der Waals surface area (Å²) in [5, 5.41) is 2.71. The molecule has 1 aromatic carbocycles. The minimum Gasteiger partial charge on any atom is -0.328 e. The number of hydrogen-bond donors (Lipinski definition) is 2. The van der Waals surface area contributed by atoms with Crippen LogP contribution >= 0.6 is 0 Å². The average Bonchev–Trinajstić information content (AvgIpc) is 2.88. The molecule has 2 N–H and O–H groups in total. The van der Waals surface area contributed by atoms with Gasteiger partial charge in [-0.2, -0.15) is 0 Å². The van der Waals surface area contributed by atoms with Gasteiger partial charge in [0.05, 0.1) is 12.0 Å². The first-order valence-electron chi connectivity index (χ1n) is 7.16. The second-order valence-electron chi connectivity index (χ2n) is 5.20. The molecule has 6 heteroatoms. The fourth-order valence-corrected chi connectivity index (χ4v) is 2.26. The Balaban J connectivity index is 1.81. The highest BCUT2D eigenvalue weighted by molar-refractivity contribution is 6.03. The molecule has 2 heterocycles. The topological polar surface area (TPSA) is 79.8 Å².